The molecule has 0 spiro atoms. The van der Waals surface area contributed by atoms with Crippen molar-refractivity contribution >= 4 is 0 Å². The van der Waals surface area contributed by atoms with E-state index in [9.17, 15) is 0 Å². The lowest BCUT2D eigenvalue weighted by Crippen LogP contribution is -2.28. The molecular formula is C20H43NO2. The van der Waals surface area contributed by atoms with E-state index in [4.69, 9.17) is 9.84 Å². The van der Waals surface area contributed by atoms with Crippen molar-refractivity contribution < 1.29 is 9.84 Å². The molecule has 0 aromatic carbocycles. The zero-order chi connectivity index (χ0) is 17.0. The summed E-state index contributed by atoms with van der Waals surface area (Å²) in [5, 5.41) is 8.73. The number of hydrogen-bond acceptors (Lipinski definition) is 3. The summed E-state index contributed by atoms with van der Waals surface area (Å²) < 4.78 is 5.71. The summed E-state index contributed by atoms with van der Waals surface area (Å²) in [5.41, 5.74) is 0. The van der Waals surface area contributed by atoms with Gasteiger partial charge in [0.2, 0.25) is 0 Å². The highest BCUT2D eigenvalue weighted by Crippen LogP contribution is 2.06. The second-order valence-electron chi connectivity index (χ2n) is 6.71. The largest absolute Gasteiger partial charge is 0.396 e. The molecule has 23 heavy (non-hydrogen) atoms. The number of unbranched alkanes of at least 4 members (excludes halogenated alkanes) is 8. The predicted molar refractivity (Wildman–Crippen MR) is 101 cm³/mol. The maximum Gasteiger partial charge on any atom is 0.0478 e. The number of ether oxygens (including phenoxy) is 1. The van der Waals surface area contributed by atoms with Crippen molar-refractivity contribution in [2.45, 2.75) is 90.9 Å². The van der Waals surface area contributed by atoms with Crippen LogP contribution in [0.4, 0.5) is 0 Å². The van der Waals surface area contributed by atoms with E-state index in [0.717, 1.165) is 38.9 Å². The summed E-state index contributed by atoms with van der Waals surface area (Å²) in [6.45, 7) is 10.3. The van der Waals surface area contributed by atoms with Gasteiger partial charge in [0, 0.05) is 26.4 Å². The number of aliphatic hydroxyl groups excluding tert-OH is 1. The molecule has 1 N–H and O–H groups in total. The molecule has 0 amide bonds. The Morgan fingerprint density at radius 2 is 1.13 bits per heavy atom. The van der Waals surface area contributed by atoms with Crippen LogP contribution in [0, 0.1) is 0 Å². The predicted octanol–water partition coefficient (Wildman–Crippen LogP) is 5.02. The molecule has 0 rings (SSSR count). The van der Waals surface area contributed by atoms with Crippen LogP contribution >= 0.6 is 0 Å². The van der Waals surface area contributed by atoms with Gasteiger partial charge >= 0.3 is 0 Å². The Labute approximate surface area is 145 Å². The summed E-state index contributed by atoms with van der Waals surface area (Å²) >= 11 is 0. The first-order valence-electron chi connectivity index (χ1n) is 10.3. The van der Waals surface area contributed by atoms with Gasteiger partial charge in [-0.25, -0.2) is 0 Å². The minimum Gasteiger partial charge on any atom is -0.396 e. The lowest BCUT2D eigenvalue weighted by Gasteiger charge is -2.22. The van der Waals surface area contributed by atoms with Gasteiger partial charge in [0.1, 0.15) is 0 Å². The maximum absolute atomic E-state index is 8.73. The van der Waals surface area contributed by atoms with E-state index in [-0.39, 0.29) is 0 Å². The highest BCUT2D eigenvalue weighted by molar-refractivity contribution is 4.59. The number of rotatable bonds is 19. The molecule has 0 heterocycles. The Bertz CT molecular complexity index is 200. The van der Waals surface area contributed by atoms with Crippen LogP contribution in [-0.2, 0) is 4.74 Å². The average Bonchev–Trinajstić information content (AvgIpc) is 2.57. The van der Waals surface area contributed by atoms with Crippen molar-refractivity contribution in [3.8, 4) is 0 Å². The zero-order valence-electron chi connectivity index (χ0n) is 16.0. The van der Waals surface area contributed by atoms with Crippen LogP contribution in [0.15, 0.2) is 0 Å². The van der Waals surface area contributed by atoms with Crippen LogP contribution in [0.1, 0.15) is 90.9 Å². The first kappa shape index (κ1) is 22.9. The van der Waals surface area contributed by atoms with E-state index in [0.29, 0.717) is 6.61 Å². The normalized spacial score (nSPS) is 11.5. The summed E-state index contributed by atoms with van der Waals surface area (Å²) in [7, 11) is 0. The number of aliphatic hydroxyl groups is 1. The van der Waals surface area contributed by atoms with Crippen molar-refractivity contribution in [1.29, 1.82) is 0 Å². The number of nitrogens with zero attached hydrogens (tertiary/aromatic N) is 1. The van der Waals surface area contributed by atoms with E-state index < -0.39 is 0 Å². The fourth-order valence-electron chi connectivity index (χ4n) is 2.84. The van der Waals surface area contributed by atoms with Crippen LogP contribution in [-0.4, -0.2) is 49.5 Å². The minimum atomic E-state index is 0.311. The maximum atomic E-state index is 8.73. The summed E-state index contributed by atoms with van der Waals surface area (Å²) in [5.74, 6) is 0. The molecule has 3 nitrogen and oxygen atoms in total. The van der Waals surface area contributed by atoms with Crippen LogP contribution in [0.5, 0.6) is 0 Å². The first-order chi connectivity index (χ1) is 11.3. The molecule has 0 aliphatic rings. The third kappa shape index (κ3) is 18.1. The lowest BCUT2D eigenvalue weighted by molar-refractivity contribution is 0.115. The fraction of sp³-hybridized carbons (Fsp3) is 1.00. The van der Waals surface area contributed by atoms with Gasteiger partial charge in [-0.1, -0.05) is 52.4 Å². The van der Waals surface area contributed by atoms with Gasteiger partial charge in [-0.3, -0.25) is 0 Å². The molecular weight excluding hydrogens is 286 g/mol. The molecule has 0 aliphatic carbocycles. The van der Waals surface area contributed by atoms with Gasteiger partial charge in [0.05, 0.1) is 0 Å². The monoisotopic (exact) mass is 329 g/mol. The minimum absolute atomic E-state index is 0.311. The topological polar surface area (TPSA) is 32.7 Å². The van der Waals surface area contributed by atoms with Crippen molar-refractivity contribution in [3.63, 3.8) is 0 Å². The van der Waals surface area contributed by atoms with E-state index in [1.807, 2.05) is 0 Å². The van der Waals surface area contributed by atoms with Crippen molar-refractivity contribution in [2.75, 3.05) is 39.5 Å². The quantitative estimate of drug-likeness (QED) is 0.338. The summed E-state index contributed by atoms with van der Waals surface area (Å²) in [4.78, 5) is 2.65. The molecule has 0 saturated heterocycles. The molecule has 0 bridgehead atoms. The molecule has 0 atom stereocenters. The summed E-state index contributed by atoms with van der Waals surface area (Å²) in [6, 6.07) is 0. The van der Waals surface area contributed by atoms with Gasteiger partial charge in [0.25, 0.3) is 0 Å². The molecule has 0 aromatic heterocycles. The second kappa shape index (κ2) is 19.9. The van der Waals surface area contributed by atoms with Crippen LogP contribution < -0.4 is 0 Å². The van der Waals surface area contributed by atoms with E-state index in [1.54, 1.807) is 0 Å². The Balaban J connectivity index is 3.64. The van der Waals surface area contributed by atoms with Gasteiger partial charge in [-0.15, -0.1) is 0 Å². The molecule has 0 fully saturated rings. The molecule has 140 valence electrons. The van der Waals surface area contributed by atoms with Crippen LogP contribution in [0.25, 0.3) is 0 Å². The van der Waals surface area contributed by atoms with E-state index >= 15 is 0 Å². The van der Waals surface area contributed by atoms with Crippen LogP contribution in [0.2, 0.25) is 0 Å². The molecule has 0 saturated carbocycles. The van der Waals surface area contributed by atoms with Crippen LogP contribution in [0.3, 0.4) is 0 Å². The fourth-order valence-corrected chi connectivity index (χ4v) is 2.84. The molecule has 3 heteroatoms. The lowest BCUT2D eigenvalue weighted by atomic mass is 10.1. The molecule has 0 aromatic rings. The molecule has 0 unspecified atom stereocenters. The van der Waals surface area contributed by atoms with E-state index in [1.165, 1.54) is 71.0 Å². The number of hydrogen-bond donors (Lipinski definition) is 1. The van der Waals surface area contributed by atoms with Gasteiger partial charge < -0.3 is 14.7 Å². The molecule has 0 aliphatic heterocycles. The van der Waals surface area contributed by atoms with Gasteiger partial charge in [-0.2, -0.15) is 0 Å². The van der Waals surface area contributed by atoms with Crippen molar-refractivity contribution in [1.82, 2.24) is 4.90 Å². The first-order valence-corrected chi connectivity index (χ1v) is 10.3. The molecule has 0 radical (unpaired) electrons. The second-order valence-corrected chi connectivity index (χ2v) is 6.71. The Kier molecular flexibility index (Phi) is 19.8. The third-order valence-corrected chi connectivity index (χ3v) is 4.37. The highest BCUT2D eigenvalue weighted by Gasteiger charge is 2.04. The standard InChI is InChI=1S/C20H43NO2/c1-3-5-7-10-15-21(16-11-8-6-4-2)17-14-20-23-19-13-9-12-18-22/h22H,3-20H2,1-2H3. The Morgan fingerprint density at radius 1 is 0.609 bits per heavy atom. The Hall–Kier alpha value is -0.120. The average molecular weight is 330 g/mol. The van der Waals surface area contributed by atoms with Crippen molar-refractivity contribution in [3.05, 3.63) is 0 Å². The highest BCUT2D eigenvalue weighted by atomic mass is 16.5. The summed E-state index contributed by atoms with van der Waals surface area (Å²) in [6.07, 6.45) is 15.1. The SMILES string of the molecule is CCCCCCN(CCCCCC)CCCOCCCCCO. The third-order valence-electron chi connectivity index (χ3n) is 4.37. The van der Waals surface area contributed by atoms with Crippen molar-refractivity contribution in [2.24, 2.45) is 0 Å². The zero-order valence-corrected chi connectivity index (χ0v) is 16.0. The Morgan fingerprint density at radius 3 is 1.70 bits per heavy atom. The smallest absolute Gasteiger partial charge is 0.0478 e. The van der Waals surface area contributed by atoms with Gasteiger partial charge in [-0.05, 0) is 51.6 Å². The van der Waals surface area contributed by atoms with Gasteiger partial charge in [0.15, 0.2) is 0 Å². The van der Waals surface area contributed by atoms with E-state index in [2.05, 4.69) is 18.7 Å².